The third kappa shape index (κ3) is 2.06. The summed E-state index contributed by atoms with van der Waals surface area (Å²) in [6.45, 7) is 7.36. The molecule has 2 nitrogen and oxygen atoms in total. The van der Waals surface area contributed by atoms with Gasteiger partial charge in [0.2, 0.25) is 11.4 Å². The van der Waals surface area contributed by atoms with Crippen molar-refractivity contribution in [3.8, 4) is 11.1 Å². The van der Waals surface area contributed by atoms with E-state index in [0.717, 1.165) is 21.2 Å². The third-order valence-electron chi connectivity index (χ3n) is 3.86. The predicted octanol–water partition coefficient (Wildman–Crippen LogP) is 4.62. The van der Waals surface area contributed by atoms with Crippen LogP contribution in [0.4, 0.5) is 4.39 Å². The predicted molar refractivity (Wildman–Crippen MR) is 87.7 cm³/mol. The average Bonchev–Trinajstić information content (AvgIpc) is 2.51. The SMILES string of the molecule is C=C(C)c1c(-c2ccccc2)c2cccc(F)c2c(C)[n+]1[O-]. The van der Waals surface area contributed by atoms with E-state index in [1.807, 2.05) is 36.4 Å². The Balaban J connectivity index is 2.58. The molecule has 0 aliphatic carbocycles. The van der Waals surface area contributed by atoms with Crippen LogP contribution in [-0.4, -0.2) is 0 Å². The van der Waals surface area contributed by atoms with Crippen LogP contribution in [0.25, 0.3) is 27.5 Å². The van der Waals surface area contributed by atoms with Gasteiger partial charge in [0, 0.05) is 17.9 Å². The molecule has 0 spiro atoms. The minimum absolute atomic E-state index is 0.353. The summed E-state index contributed by atoms with van der Waals surface area (Å²) in [7, 11) is 0. The van der Waals surface area contributed by atoms with Crippen LogP contribution in [-0.2, 0) is 0 Å². The molecule has 0 saturated heterocycles. The molecule has 1 heterocycles. The Hall–Kier alpha value is -2.68. The third-order valence-corrected chi connectivity index (χ3v) is 3.86. The number of pyridine rings is 1. The summed E-state index contributed by atoms with van der Waals surface area (Å²) >= 11 is 0. The summed E-state index contributed by atoms with van der Waals surface area (Å²) in [6.07, 6.45) is 0. The van der Waals surface area contributed by atoms with Crippen LogP contribution < -0.4 is 4.73 Å². The molecule has 0 amide bonds. The fraction of sp³-hybridized carbons (Fsp3) is 0.105. The average molecular weight is 293 g/mol. The van der Waals surface area contributed by atoms with Crippen molar-refractivity contribution in [2.75, 3.05) is 0 Å². The van der Waals surface area contributed by atoms with Gasteiger partial charge in [-0.25, -0.2) is 4.39 Å². The van der Waals surface area contributed by atoms with Gasteiger partial charge in [-0.1, -0.05) is 49.0 Å². The molecule has 3 heteroatoms. The Morgan fingerprint density at radius 1 is 1.09 bits per heavy atom. The Bertz CT molecular complexity index is 885. The quantitative estimate of drug-likeness (QED) is 0.500. The summed E-state index contributed by atoms with van der Waals surface area (Å²) in [6, 6.07) is 14.4. The van der Waals surface area contributed by atoms with Gasteiger partial charge in [0.15, 0.2) is 0 Å². The van der Waals surface area contributed by atoms with Crippen LogP contribution in [0.2, 0.25) is 0 Å². The van der Waals surface area contributed by atoms with Crippen LogP contribution in [0, 0.1) is 17.9 Å². The molecule has 0 radical (unpaired) electrons. The molecular weight excluding hydrogens is 277 g/mol. The first kappa shape index (κ1) is 14.3. The highest BCUT2D eigenvalue weighted by molar-refractivity contribution is 6.00. The number of hydrogen-bond donors (Lipinski definition) is 0. The maximum atomic E-state index is 14.3. The van der Waals surface area contributed by atoms with Gasteiger partial charge in [0.05, 0.1) is 10.9 Å². The lowest BCUT2D eigenvalue weighted by Crippen LogP contribution is -2.36. The Labute approximate surface area is 128 Å². The molecule has 110 valence electrons. The van der Waals surface area contributed by atoms with E-state index in [4.69, 9.17) is 0 Å². The Morgan fingerprint density at radius 3 is 2.41 bits per heavy atom. The lowest BCUT2D eigenvalue weighted by Gasteiger charge is -2.16. The topological polar surface area (TPSA) is 26.9 Å². The van der Waals surface area contributed by atoms with Crippen molar-refractivity contribution in [2.45, 2.75) is 13.8 Å². The van der Waals surface area contributed by atoms with Crippen molar-refractivity contribution in [2.24, 2.45) is 0 Å². The number of nitrogens with zero attached hydrogens (tertiary/aromatic N) is 1. The minimum atomic E-state index is -0.384. The molecule has 0 N–H and O–H groups in total. The monoisotopic (exact) mass is 293 g/mol. The van der Waals surface area contributed by atoms with Crippen molar-refractivity contribution >= 4 is 16.3 Å². The highest BCUT2D eigenvalue weighted by Crippen LogP contribution is 2.35. The normalized spacial score (nSPS) is 10.9. The van der Waals surface area contributed by atoms with Gasteiger partial charge >= 0.3 is 0 Å². The first-order valence-corrected chi connectivity index (χ1v) is 7.08. The van der Waals surface area contributed by atoms with E-state index in [0.29, 0.717) is 22.3 Å². The van der Waals surface area contributed by atoms with Crippen LogP contribution in [0.15, 0.2) is 55.1 Å². The van der Waals surface area contributed by atoms with E-state index in [1.54, 1.807) is 19.9 Å². The molecule has 0 aliphatic rings. The van der Waals surface area contributed by atoms with Gasteiger partial charge < -0.3 is 5.21 Å². The lowest BCUT2D eigenvalue weighted by atomic mass is 9.93. The van der Waals surface area contributed by atoms with E-state index in [9.17, 15) is 9.60 Å². The van der Waals surface area contributed by atoms with Gasteiger partial charge in [-0.05, 0) is 18.6 Å². The maximum absolute atomic E-state index is 14.3. The molecule has 0 aliphatic heterocycles. The summed E-state index contributed by atoms with van der Waals surface area (Å²) in [5.74, 6) is -0.384. The minimum Gasteiger partial charge on any atom is -0.618 e. The van der Waals surface area contributed by atoms with Crippen LogP contribution in [0.1, 0.15) is 18.3 Å². The highest BCUT2D eigenvalue weighted by atomic mass is 19.1. The number of halogens is 1. The number of rotatable bonds is 2. The molecule has 0 bridgehead atoms. The lowest BCUT2D eigenvalue weighted by molar-refractivity contribution is -0.612. The summed E-state index contributed by atoms with van der Waals surface area (Å²) in [5, 5.41) is 13.8. The molecule has 3 aromatic rings. The molecule has 0 atom stereocenters. The second-order valence-corrected chi connectivity index (χ2v) is 5.41. The summed E-state index contributed by atoms with van der Waals surface area (Å²) in [5.41, 5.74) is 3.10. The van der Waals surface area contributed by atoms with Gasteiger partial charge in [-0.15, -0.1) is 0 Å². The van der Waals surface area contributed by atoms with E-state index >= 15 is 0 Å². The molecule has 0 saturated carbocycles. The molecule has 0 fully saturated rings. The number of benzene rings is 2. The zero-order valence-electron chi connectivity index (χ0n) is 12.6. The molecule has 0 unspecified atom stereocenters. The molecule has 3 rings (SSSR count). The molecule has 1 aromatic heterocycles. The fourth-order valence-corrected chi connectivity index (χ4v) is 2.88. The number of allylic oxidation sites excluding steroid dienone is 1. The fourth-order valence-electron chi connectivity index (χ4n) is 2.88. The van der Waals surface area contributed by atoms with Crippen molar-refractivity contribution in [3.05, 3.63) is 77.5 Å². The summed E-state index contributed by atoms with van der Waals surface area (Å²) in [4.78, 5) is 0. The number of hydrogen-bond acceptors (Lipinski definition) is 1. The largest absolute Gasteiger partial charge is 0.618 e. The maximum Gasteiger partial charge on any atom is 0.227 e. The van der Waals surface area contributed by atoms with Crippen molar-refractivity contribution < 1.29 is 9.12 Å². The number of aromatic nitrogens is 1. The highest BCUT2D eigenvalue weighted by Gasteiger charge is 2.24. The van der Waals surface area contributed by atoms with E-state index in [-0.39, 0.29) is 5.82 Å². The van der Waals surface area contributed by atoms with Gasteiger partial charge in [-0.2, -0.15) is 4.73 Å². The molecule has 2 aromatic carbocycles. The zero-order valence-corrected chi connectivity index (χ0v) is 12.6. The van der Waals surface area contributed by atoms with Crippen LogP contribution in [0.5, 0.6) is 0 Å². The smallest absolute Gasteiger partial charge is 0.227 e. The van der Waals surface area contributed by atoms with Crippen molar-refractivity contribution in [3.63, 3.8) is 0 Å². The first-order chi connectivity index (χ1) is 10.5. The van der Waals surface area contributed by atoms with Crippen molar-refractivity contribution in [1.29, 1.82) is 0 Å². The Morgan fingerprint density at radius 2 is 1.77 bits per heavy atom. The molecule has 22 heavy (non-hydrogen) atoms. The van der Waals surface area contributed by atoms with E-state index in [1.165, 1.54) is 6.07 Å². The van der Waals surface area contributed by atoms with Gasteiger partial charge in [0.25, 0.3) is 0 Å². The number of aryl methyl sites for hydroxylation is 1. The van der Waals surface area contributed by atoms with E-state index < -0.39 is 0 Å². The Kier molecular flexibility index (Phi) is 3.41. The van der Waals surface area contributed by atoms with Gasteiger partial charge in [0.1, 0.15) is 5.82 Å². The van der Waals surface area contributed by atoms with E-state index in [2.05, 4.69) is 6.58 Å². The standard InChI is InChI=1S/C19H16FNO/c1-12(2)19-18(14-8-5-4-6-9-14)15-10-7-11-16(20)17(15)13(3)21(19)22/h4-11H,1H2,2-3H3. The first-order valence-electron chi connectivity index (χ1n) is 7.08. The molecular formula is C19H16FNO. The van der Waals surface area contributed by atoms with Gasteiger partial charge in [-0.3, -0.25) is 0 Å². The van der Waals surface area contributed by atoms with Crippen LogP contribution in [0.3, 0.4) is 0 Å². The number of fused-ring (bicyclic) bond motifs is 1. The zero-order chi connectivity index (χ0) is 15.9. The van der Waals surface area contributed by atoms with Crippen molar-refractivity contribution in [1.82, 2.24) is 0 Å². The summed E-state index contributed by atoms with van der Waals surface area (Å²) < 4.78 is 15.1. The second-order valence-electron chi connectivity index (χ2n) is 5.41. The van der Waals surface area contributed by atoms with Crippen LogP contribution >= 0.6 is 0 Å². The second kappa shape index (κ2) is 5.26.